The fourth-order valence-electron chi connectivity index (χ4n) is 11.3. The summed E-state index contributed by atoms with van der Waals surface area (Å²) in [7, 11) is 0. The molecule has 2 fully saturated rings. The first-order valence-corrected chi connectivity index (χ1v) is 34.5. The fourth-order valence-corrected chi connectivity index (χ4v) is 11.3. The van der Waals surface area contributed by atoms with Crippen LogP contribution in [0.15, 0.2) is 60.8 Å². The predicted molar refractivity (Wildman–Crippen MR) is 341 cm³/mol. The number of allylic oxidation sites excluding steroid dienone is 10. The van der Waals surface area contributed by atoms with Crippen LogP contribution < -0.4 is 5.32 Å². The van der Waals surface area contributed by atoms with Gasteiger partial charge in [0.25, 0.3) is 0 Å². The summed E-state index contributed by atoms with van der Waals surface area (Å²) in [5, 5.41) is 87.6. The molecule has 0 radical (unpaired) electrons. The fraction of sp³-hybridized carbons (Fsp3) is 0.843. The van der Waals surface area contributed by atoms with Crippen molar-refractivity contribution in [2.75, 3.05) is 19.8 Å². The van der Waals surface area contributed by atoms with Gasteiger partial charge in [-0.15, -0.1) is 0 Å². The van der Waals surface area contributed by atoms with E-state index < -0.39 is 86.8 Å². The van der Waals surface area contributed by atoms with Crippen LogP contribution in [0.3, 0.4) is 0 Å². The lowest BCUT2D eigenvalue weighted by molar-refractivity contribution is -0.359. The Kier molecular flexibility index (Phi) is 50.8. The topological polar surface area (TPSA) is 228 Å². The van der Waals surface area contributed by atoms with Crippen LogP contribution in [0.25, 0.3) is 0 Å². The molecule has 1 amide bonds. The third-order valence-corrected chi connectivity index (χ3v) is 16.7. The van der Waals surface area contributed by atoms with Gasteiger partial charge in [0.15, 0.2) is 12.6 Å². The minimum absolute atomic E-state index is 0.216. The predicted octanol–water partition coefficient (Wildman–Crippen LogP) is 13.7. The maximum atomic E-state index is 13.3. The molecule has 0 aromatic carbocycles. The van der Waals surface area contributed by atoms with Gasteiger partial charge >= 0.3 is 0 Å². The molecule has 2 aliphatic heterocycles. The average molecular weight is 1190 g/mol. The molecule has 0 spiro atoms. The van der Waals surface area contributed by atoms with Gasteiger partial charge in [-0.25, -0.2) is 0 Å². The van der Waals surface area contributed by atoms with Gasteiger partial charge in [-0.3, -0.25) is 4.79 Å². The van der Waals surface area contributed by atoms with Crippen LogP contribution in [0.4, 0.5) is 0 Å². The van der Waals surface area contributed by atoms with Crippen molar-refractivity contribution < 1.29 is 64.6 Å². The summed E-state index contributed by atoms with van der Waals surface area (Å²) in [4.78, 5) is 13.3. The molecule has 0 aromatic rings. The van der Waals surface area contributed by atoms with E-state index in [2.05, 4.69) is 79.9 Å². The van der Waals surface area contributed by atoms with E-state index in [-0.39, 0.29) is 18.9 Å². The first-order chi connectivity index (χ1) is 41.1. The smallest absolute Gasteiger partial charge is 0.220 e. The highest BCUT2D eigenvalue weighted by Crippen LogP contribution is 2.30. The number of aliphatic hydroxyl groups is 8. The highest BCUT2D eigenvalue weighted by Gasteiger charge is 2.51. The molecule has 0 aromatic heterocycles. The van der Waals surface area contributed by atoms with Gasteiger partial charge in [0.05, 0.1) is 32.0 Å². The van der Waals surface area contributed by atoms with Crippen LogP contribution in [0.5, 0.6) is 0 Å². The zero-order valence-corrected chi connectivity index (χ0v) is 53.1. The van der Waals surface area contributed by atoms with Gasteiger partial charge in [-0.2, -0.15) is 0 Å². The molecule has 0 bridgehead atoms. The second-order valence-electron chi connectivity index (χ2n) is 24.3. The average Bonchev–Trinajstić information content (AvgIpc) is 3.18. The maximum Gasteiger partial charge on any atom is 0.220 e. The van der Waals surface area contributed by atoms with Crippen molar-refractivity contribution in [3.8, 4) is 0 Å². The molecule has 84 heavy (non-hydrogen) atoms. The molecular formula is C70H127NO13. The number of hydrogen-bond donors (Lipinski definition) is 9. The first kappa shape index (κ1) is 77.8. The quantitative estimate of drug-likeness (QED) is 0.0204. The molecule has 490 valence electrons. The van der Waals surface area contributed by atoms with E-state index in [0.717, 1.165) is 96.3 Å². The van der Waals surface area contributed by atoms with Gasteiger partial charge in [0.2, 0.25) is 5.91 Å². The van der Waals surface area contributed by atoms with Crippen molar-refractivity contribution in [1.29, 1.82) is 0 Å². The van der Waals surface area contributed by atoms with Crippen molar-refractivity contribution in [2.24, 2.45) is 0 Å². The first-order valence-electron chi connectivity index (χ1n) is 34.5. The van der Waals surface area contributed by atoms with E-state index in [1.807, 2.05) is 0 Å². The summed E-state index contributed by atoms with van der Waals surface area (Å²) in [6.45, 7) is 2.77. The SMILES string of the molecule is CC/C=C\C/C=C\C/C=C\C/C=C\C/C=C\CCCCCCCCCC(=O)NC(COC1OC(CO)C(OC2OC(CO)C(O)C(O)C2O)C(O)C1O)C(O)CCCCCCCCCCCCCCCCCCCCCCCCCCCCC. The minimum atomic E-state index is -1.79. The van der Waals surface area contributed by atoms with Crippen LogP contribution in [-0.4, -0.2) is 140 Å². The Bertz CT molecular complexity index is 1640. The molecule has 2 heterocycles. The van der Waals surface area contributed by atoms with Crippen molar-refractivity contribution in [3.63, 3.8) is 0 Å². The van der Waals surface area contributed by atoms with Gasteiger partial charge in [-0.05, 0) is 57.8 Å². The van der Waals surface area contributed by atoms with Crippen molar-refractivity contribution >= 4 is 5.91 Å². The Balaban J connectivity index is 1.69. The standard InChI is InChI=1S/C70H127NO13/c1-3-5-7-9-11-13-15-17-19-21-23-25-27-28-29-30-32-33-35-37-39-41-43-45-47-49-51-53-59(74)58(57-81-69-67(80)65(78)68(61(56-73)83-69)84-70-66(79)64(77)63(76)60(55-72)82-70)71-62(75)54-52-50-48-46-44-42-40-38-36-34-31-26-24-22-20-18-16-14-12-10-8-6-4-2/h6,8,12,14,18,20,24,26,34,36,58-61,63-70,72-74,76-80H,3-5,7,9-11,13,15-17,19,21-23,25,27-33,35,37-57H2,1-2H3,(H,71,75)/b8-6-,14-12-,20-18-,26-24-,36-34-. The molecule has 0 saturated carbocycles. The number of aliphatic hydroxyl groups excluding tert-OH is 8. The molecule has 2 rings (SSSR count). The van der Waals surface area contributed by atoms with Gasteiger partial charge in [0.1, 0.15) is 48.8 Å². The molecule has 9 N–H and O–H groups in total. The van der Waals surface area contributed by atoms with Crippen molar-refractivity contribution in [3.05, 3.63) is 60.8 Å². The number of ether oxygens (including phenoxy) is 4. The molecule has 2 aliphatic rings. The Hall–Kier alpha value is -2.31. The number of carbonyl (C=O) groups is 1. The van der Waals surface area contributed by atoms with E-state index >= 15 is 0 Å². The van der Waals surface area contributed by atoms with Crippen LogP contribution in [0, 0.1) is 0 Å². The number of hydrogen-bond acceptors (Lipinski definition) is 13. The monoisotopic (exact) mass is 1190 g/mol. The largest absolute Gasteiger partial charge is 0.394 e. The Morgan fingerprint density at radius 1 is 0.440 bits per heavy atom. The molecule has 14 heteroatoms. The summed E-state index contributed by atoms with van der Waals surface area (Å²) in [5.41, 5.74) is 0. The van der Waals surface area contributed by atoms with E-state index in [9.17, 15) is 45.6 Å². The lowest BCUT2D eigenvalue weighted by Crippen LogP contribution is -2.65. The summed E-state index contributed by atoms with van der Waals surface area (Å²) in [5.74, 6) is -0.216. The number of carbonyl (C=O) groups excluding carboxylic acids is 1. The van der Waals surface area contributed by atoms with E-state index in [4.69, 9.17) is 18.9 Å². The number of unbranched alkanes of at least 4 members (excludes halogenated alkanes) is 33. The van der Waals surface area contributed by atoms with Gasteiger partial charge in [-0.1, -0.05) is 280 Å². The summed E-state index contributed by atoms with van der Waals surface area (Å²) < 4.78 is 22.9. The van der Waals surface area contributed by atoms with Crippen molar-refractivity contribution in [2.45, 2.75) is 357 Å². The molecular weight excluding hydrogens is 1060 g/mol. The summed E-state index contributed by atoms with van der Waals surface area (Å²) >= 11 is 0. The Morgan fingerprint density at radius 2 is 0.821 bits per heavy atom. The molecule has 12 atom stereocenters. The van der Waals surface area contributed by atoms with Crippen molar-refractivity contribution in [1.82, 2.24) is 5.32 Å². The van der Waals surface area contributed by atoms with Gasteiger partial charge in [0, 0.05) is 6.42 Å². The molecule has 14 nitrogen and oxygen atoms in total. The summed E-state index contributed by atoms with van der Waals surface area (Å²) in [6.07, 6.45) is 55.1. The zero-order chi connectivity index (χ0) is 60.9. The van der Waals surface area contributed by atoms with E-state index in [1.54, 1.807) is 0 Å². The maximum absolute atomic E-state index is 13.3. The molecule has 12 unspecified atom stereocenters. The van der Waals surface area contributed by atoms with E-state index in [1.165, 1.54) is 154 Å². The highest BCUT2D eigenvalue weighted by atomic mass is 16.7. The number of amides is 1. The lowest BCUT2D eigenvalue weighted by Gasteiger charge is -2.46. The second-order valence-corrected chi connectivity index (χ2v) is 24.3. The Morgan fingerprint density at radius 3 is 1.26 bits per heavy atom. The summed E-state index contributed by atoms with van der Waals surface area (Å²) in [6, 6.07) is -0.840. The molecule has 2 saturated heterocycles. The third kappa shape index (κ3) is 38.9. The highest BCUT2D eigenvalue weighted by molar-refractivity contribution is 5.76. The lowest BCUT2D eigenvalue weighted by atomic mass is 9.97. The van der Waals surface area contributed by atoms with Crippen LogP contribution in [0.1, 0.15) is 284 Å². The van der Waals surface area contributed by atoms with Crippen LogP contribution in [-0.2, 0) is 23.7 Å². The molecule has 0 aliphatic carbocycles. The zero-order valence-electron chi connectivity index (χ0n) is 53.1. The third-order valence-electron chi connectivity index (χ3n) is 16.7. The second kappa shape index (κ2) is 54.8. The number of nitrogens with one attached hydrogen (secondary N) is 1. The van der Waals surface area contributed by atoms with Gasteiger partial charge < -0.3 is 65.1 Å². The van der Waals surface area contributed by atoms with Crippen LogP contribution >= 0.6 is 0 Å². The van der Waals surface area contributed by atoms with Crippen LogP contribution in [0.2, 0.25) is 0 Å². The number of rotatable bonds is 56. The minimum Gasteiger partial charge on any atom is -0.394 e. The Labute approximate surface area is 511 Å². The normalized spacial score (nSPS) is 24.0. The van der Waals surface area contributed by atoms with E-state index in [0.29, 0.717) is 12.8 Å².